The zero-order valence-corrected chi connectivity index (χ0v) is 24.0. The van der Waals surface area contributed by atoms with Gasteiger partial charge in [0.1, 0.15) is 0 Å². The van der Waals surface area contributed by atoms with Crippen LogP contribution in [0.5, 0.6) is 0 Å². The van der Waals surface area contributed by atoms with Crippen molar-refractivity contribution < 1.29 is 0 Å². The van der Waals surface area contributed by atoms with Crippen LogP contribution in [0.15, 0.2) is 23.6 Å². The van der Waals surface area contributed by atoms with Crippen molar-refractivity contribution in [2.75, 3.05) is 19.6 Å². The molecule has 190 valence electrons. The second kappa shape index (κ2) is 12.2. The molecule has 1 fully saturated rings. The number of thiazole rings is 1. The fraction of sp³-hybridized carbons (Fsp3) is 0.710. The third kappa shape index (κ3) is 6.72. The van der Waals surface area contributed by atoms with E-state index in [-0.39, 0.29) is 10.8 Å². The van der Waals surface area contributed by atoms with Crippen LogP contribution >= 0.6 is 11.3 Å². The van der Waals surface area contributed by atoms with Crippen LogP contribution in [0.25, 0.3) is 11.3 Å². The van der Waals surface area contributed by atoms with Crippen LogP contribution in [0, 0.1) is 0 Å². The Morgan fingerprint density at radius 3 is 2.09 bits per heavy atom. The van der Waals surface area contributed by atoms with Gasteiger partial charge in [-0.25, -0.2) is 4.98 Å². The highest BCUT2D eigenvalue weighted by Gasteiger charge is 2.37. The first-order valence-electron chi connectivity index (χ1n) is 14.0. The predicted molar refractivity (Wildman–Crippen MR) is 151 cm³/mol. The number of hydrogen-bond acceptors (Lipinski definition) is 3. The Balaban J connectivity index is 0.000000343. The van der Waals surface area contributed by atoms with E-state index in [4.69, 9.17) is 4.98 Å². The molecule has 1 aromatic heterocycles. The lowest BCUT2D eigenvalue weighted by Crippen LogP contribution is -2.33. The number of benzene rings is 1. The minimum atomic E-state index is 0.257. The lowest BCUT2D eigenvalue weighted by Gasteiger charge is -2.42. The lowest BCUT2D eigenvalue weighted by atomic mass is 9.63. The molecular formula is C31H50N2S. The van der Waals surface area contributed by atoms with Gasteiger partial charge in [0.05, 0.1) is 10.7 Å². The van der Waals surface area contributed by atoms with E-state index in [1.807, 2.05) is 11.3 Å². The molecule has 2 heterocycles. The summed E-state index contributed by atoms with van der Waals surface area (Å²) in [6, 6.07) is 7.11. The summed E-state index contributed by atoms with van der Waals surface area (Å²) in [5.41, 5.74) is 6.06. The number of fused-ring (bicyclic) bond motifs is 1. The van der Waals surface area contributed by atoms with Gasteiger partial charge in [0.2, 0.25) is 0 Å². The van der Waals surface area contributed by atoms with Crippen molar-refractivity contribution in [3.63, 3.8) is 0 Å². The molecule has 4 rings (SSSR count). The highest BCUT2D eigenvalue weighted by Crippen LogP contribution is 2.47. The summed E-state index contributed by atoms with van der Waals surface area (Å²) in [4.78, 5) is 7.61. The molecule has 0 radical (unpaired) electrons. The van der Waals surface area contributed by atoms with Gasteiger partial charge in [-0.1, -0.05) is 73.4 Å². The van der Waals surface area contributed by atoms with Gasteiger partial charge >= 0.3 is 0 Å². The van der Waals surface area contributed by atoms with Crippen molar-refractivity contribution in [1.29, 1.82) is 0 Å². The third-order valence-electron chi connectivity index (χ3n) is 8.03. The molecule has 2 aliphatic rings. The molecule has 1 saturated heterocycles. The first-order valence-corrected chi connectivity index (χ1v) is 14.9. The summed E-state index contributed by atoms with van der Waals surface area (Å²) in [6.07, 6.45) is 11.7. The Hall–Kier alpha value is -1.19. The molecule has 1 aliphatic carbocycles. The molecule has 3 heteroatoms. The van der Waals surface area contributed by atoms with Crippen molar-refractivity contribution in [2.45, 2.75) is 123 Å². The monoisotopic (exact) mass is 482 g/mol. The van der Waals surface area contributed by atoms with Gasteiger partial charge in [0.15, 0.2) is 0 Å². The maximum atomic E-state index is 5.07. The Labute approximate surface area is 214 Å². The van der Waals surface area contributed by atoms with Crippen molar-refractivity contribution in [1.82, 2.24) is 9.88 Å². The van der Waals surface area contributed by atoms with Gasteiger partial charge < -0.3 is 4.90 Å². The highest BCUT2D eigenvalue weighted by molar-refractivity contribution is 7.10. The van der Waals surface area contributed by atoms with E-state index in [0.717, 1.165) is 0 Å². The minimum absolute atomic E-state index is 0.257. The number of nitrogens with zero attached hydrogens (tertiary/aromatic N) is 2. The molecule has 0 amide bonds. The highest BCUT2D eigenvalue weighted by atomic mass is 32.1. The molecule has 0 bridgehead atoms. The van der Waals surface area contributed by atoms with Crippen LogP contribution in [0.4, 0.5) is 0 Å². The average Bonchev–Trinajstić information content (AvgIpc) is 3.50. The molecule has 0 spiro atoms. The van der Waals surface area contributed by atoms with Crippen molar-refractivity contribution in [2.24, 2.45) is 0 Å². The second-order valence-corrected chi connectivity index (χ2v) is 12.8. The molecule has 34 heavy (non-hydrogen) atoms. The molecule has 0 unspecified atom stereocenters. The first-order chi connectivity index (χ1) is 16.2. The normalized spacial score (nSPS) is 19.1. The largest absolute Gasteiger partial charge is 0.303 e. The van der Waals surface area contributed by atoms with E-state index in [1.54, 1.807) is 0 Å². The first kappa shape index (κ1) is 27.4. The maximum Gasteiger partial charge on any atom is 0.0963 e. The minimum Gasteiger partial charge on any atom is -0.303 e. The van der Waals surface area contributed by atoms with Crippen LogP contribution in [-0.4, -0.2) is 29.5 Å². The average molecular weight is 483 g/mol. The van der Waals surface area contributed by atoms with Gasteiger partial charge in [0, 0.05) is 16.9 Å². The third-order valence-corrected chi connectivity index (χ3v) is 9.04. The standard InChI is InChI=1S/C24H35NS.C7H15N/c1-7-9-17(10-8-2)22-25-21(16-26-22)18-11-12-19-20(15-18)24(5,6)14-13-23(19,3)4;1-2-5-8-6-3-4-7-8/h11-12,15-17H,7-10,13-14H2,1-6H3;2-7H2,1H3. The van der Waals surface area contributed by atoms with E-state index < -0.39 is 0 Å². The van der Waals surface area contributed by atoms with Gasteiger partial charge in [-0.05, 0) is 92.6 Å². The van der Waals surface area contributed by atoms with Crippen molar-refractivity contribution >= 4 is 11.3 Å². The molecular weight excluding hydrogens is 432 g/mol. The zero-order valence-electron chi connectivity index (χ0n) is 23.2. The molecule has 1 aliphatic heterocycles. The second-order valence-electron chi connectivity index (χ2n) is 11.9. The quantitative estimate of drug-likeness (QED) is 0.372. The Bertz CT molecular complexity index is 883. The summed E-state index contributed by atoms with van der Waals surface area (Å²) < 4.78 is 0. The van der Waals surface area contributed by atoms with Crippen LogP contribution in [0.2, 0.25) is 0 Å². The van der Waals surface area contributed by atoms with Crippen LogP contribution in [-0.2, 0) is 10.8 Å². The number of aromatic nitrogens is 1. The number of hydrogen-bond donors (Lipinski definition) is 0. The van der Waals surface area contributed by atoms with E-state index in [9.17, 15) is 0 Å². The van der Waals surface area contributed by atoms with Gasteiger partial charge in [0.25, 0.3) is 0 Å². The number of likely N-dealkylation sites (tertiary alicyclic amines) is 1. The smallest absolute Gasteiger partial charge is 0.0963 e. The molecule has 0 saturated carbocycles. The van der Waals surface area contributed by atoms with Crippen LogP contribution < -0.4 is 0 Å². The summed E-state index contributed by atoms with van der Waals surface area (Å²) in [6.45, 7) is 20.4. The summed E-state index contributed by atoms with van der Waals surface area (Å²) in [5.74, 6) is 0.636. The van der Waals surface area contributed by atoms with Crippen molar-refractivity contribution in [3.8, 4) is 11.3 Å². The topological polar surface area (TPSA) is 16.1 Å². The maximum absolute atomic E-state index is 5.07. The Morgan fingerprint density at radius 1 is 0.882 bits per heavy atom. The van der Waals surface area contributed by atoms with E-state index in [0.29, 0.717) is 5.92 Å². The van der Waals surface area contributed by atoms with Crippen molar-refractivity contribution in [3.05, 3.63) is 39.7 Å². The molecule has 0 atom stereocenters. The van der Waals surface area contributed by atoms with E-state index in [2.05, 4.69) is 76.9 Å². The molecule has 2 aromatic rings. The van der Waals surface area contributed by atoms with Gasteiger partial charge in [-0.2, -0.15) is 0 Å². The van der Waals surface area contributed by atoms with Gasteiger partial charge in [-0.15, -0.1) is 11.3 Å². The SMILES string of the molecule is CCCC(CCC)c1nc(-c2ccc3c(c2)C(C)(C)CCC3(C)C)cs1.CCCN1CCCC1. The fourth-order valence-corrected chi connectivity index (χ4v) is 6.77. The van der Waals surface area contributed by atoms with Crippen LogP contribution in [0.3, 0.4) is 0 Å². The fourth-order valence-electron chi connectivity index (χ4n) is 5.77. The predicted octanol–water partition coefficient (Wildman–Crippen LogP) is 9.34. The Kier molecular flexibility index (Phi) is 9.81. The van der Waals surface area contributed by atoms with Crippen LogP contribution in [0.1, 0.15) is 128 Å². The zero-order chi connectivity index (χ0) is 24.8. The molecule has 0 N–H and O–H groups in total. The Morgan fingerprint density at radius 2 is 1.50 bits per heavy atom. The lowest BCUT2D eigenvalue weighted by molar-refractivity contribution is 0.332. The number of rotatable bonds is 8. The summed E-state index contributed by atoms with van der Waals surface area (Å²) >= 11 is 1.86. The molecule has 2 nitrogen and oxygen atoms in total. The summed E-state index contributed by atoms with van der Waals surface area (Å²) in [5, 5.41) is 3.61. The van der Waals surface area contributed by atoms with E-state index >= 15 is 0 Å². The van der Waals surface area contributed by atoms with E-state index in [1.165, 1.54) is 105 Å². The van der Waals surface area contributed by atoms with Gasteiger partial charge in [-0.3, -0.25) is 0 Å². The summed E-state index contributed by atoms with van der Waals surface area (Å²) in [7, 11) is 0. The molecule has 1 aromatic carbocycles.